The van der Waals surface area contributed by atoms with Crippen LogP contribution in [-0.2, 0) is 6.42 Å². The minimum absolute atomic E-state index is 0.347. The van der Waals surface area contributed by atoms with E-state index in [1.54, 1.807) is 0 Å². The number of aliphatic hydroxyl groups is 1. The molecule has 0 saturated carbocycles. The molecule has 3 rings (SSSR count). The summed E-state index contributed by atoms with van der Waals surface area (Å²) in [5, 5.41) is 9.83. The lowest BCUT2D eigenvalue weighted by Gasteiger charge is -2.20. The summed E-state index contributed by atoms with van der Waals surface area (Å²) in [5.74, 6) is 0. The van der Waals surface area contributed by atoms with Gasteiger partial charge in [0.25, 0.3) is 0 Å². The van der Waals surface area contributed by atoms with Crippen LogP contribution in [0.25, 0.3) is 0 Å². The maximum atomic E-state index is 9.83. The first-order chi connectivity index (χ1) is 9.29. The SMILES string of the molecule is CCC(O)c1ccc(N2CCc3ccccc32)cc1. The van der Waals surface area contributed by atoms with Crippen molar-refractivity contribution in [2.24, 2.45) is 0 Å². The van der Waals surface area contributed by atoms with Crippen molar-refractivity contribution < 1.29 is 5.11 Å². The monoisotopic (exact) mass is 253 g/mol. The van der Waals surface area contributed by atoms with Crippen LogP contribution < -0.4 is 4.90 Å². The van der Waals surface area contributed by atoms with Gasteiger partial charge in [0.2, 0.25) is 0 Å². The zero-order valence-corrected chi connectivity index (χ0v) is 11.2. The number of benzene rings is 2. The van der Waals surface area contributed by atoms with Crippen LogP contribution in [0.1, 0.15) is 30.6 Å². The maximum Gasteiger partial charge on any atom is 0.0787 e. The van der Waals surface area contributed by atoms with Gasteiger partial charge < -0.3 is 10.0 Å². The third-order valence-electron chi connectivity index (χ3n) is 3.86. The van der Waals surface area contributed by atoms with Gasteiger partial charge in [-0.3, -0.25) is 0 Å². The van der Waals surface area contributed by atoms with Crippen LogP contribution >= 0.6 is 0 Å². The number of aliphatic hydroxyl groups excluding tert-OH is 1. The summed E-state index contributed by atoms with van der Waals surface area (Å²) in [4.78, 5) is 2.34. The number of fused-ring (bicyclic) bond motifs is 1. The van der Waals surface area contributed by atoms with Crippen molar-refractivity contribution in [2.45, 2.75) is 25.9 Å². The van der Waals surface area contributed by atoms with Crippen LogP contribution in [0, 0.1) is 0 Å². The Balaban J connectivity index is 1.88. The minimum Gasteiger partial charge on any atom is -0.388 e. The summed E-state index contributed by atoms with van der Waals surface area (Å²) in [6, 6.07) is 16.8. The Morgan fingerprint density at radius 3 is 2.58 bits per heavy atom. The van der Waals surface area contributed by atoms with Crippen LogP contribution in [0.15, 0.2) is 48.5 Å². The molecule has 0 bridgehead atoms. The predicted octanol–water partition coefficient (Wildman–Crippen LogP) is 3.82. The molecule has 1 N–H and O–H groups in total. The Bertz CT molecular complexity index is 562. The number of hydrogen-bond donors (Lipinski definition) is 1. The molecule has 0 fully saturated rings. The van der Waals surface area contributed by atoms with E-state index in [9.17, 15) is 5.11 Å². The second kappa shape index (κ2) is 5.06. The van der Waals surface area contributed by atoms with Crippen molar-refractivity contribution in [1.82, 2.24) is 0 Å². The molecule has 98 valence electrons. The van der Waals surface area contributed by atoms with Gasteiger partial charge in [-0.1, -0.05) is 37.3 Å². The highest BCUT2D eigenvalue weighted by molar-refractivity contribution is 5.69. The molecule has 0 spiro atoms. The van der Waals surface area contributed by atoms with Crippen molar-refractivity contribution in [3.8, 4) is 0 Å². The molecule has 0 amide bonds. The molecule has 0 radical (unpaired) electrons. The van der Waals surface area contributed by atoms with Gasteiger partial charge in [-0.05, 0) is 42.2 Å². The zero-order valence-electron chi connectivity index (χ0n) is 11.2. The molecule has 0 saturated heterocycles. The molecule has 2 aromatic rings. The molecule has 2 heteroatoms. The Morgan fingerprint density at radius 1 is 1.11 bits per heavy atom. The van der Waals surface area contributed by atoms with E-state index >= 15 is 0 Å². The lowest BCUT2D eigenvalue weighted by Crippen LogP contribution is -2.13. The van der Waals surface area contributed by atoms with Crippen molar-refractivity contribution in [3.63, 3.8) is 0 Å². The van der Waals surface area contributed by atoms with Gasteiger partial charge >= 0.3 is 0 Å². The van der Waals surface area contributed by atoms with Gasteiger partial charge in [0, 0.05) is 17.9 Å². The molecule has 1 atom stereocenters. The normalized spacial score (nSPS) is 15.4. The van der Waals surface area contributed by atoms with E-state index in [0.717, 1.165) is 24.9 Å². The van der Waals surface area contributed by atoms with E-state index in [1.165, 1.54) is 16.9 Å². The van der Waals surface area contributed by atoms with E-state index in [4.69, 9.17) is 0 Å². The van der Waals surface area contributed by atoms with Gasteiger partial charge in [0.1, 0.15) is 0 Å². The summed E-state index contributed by atoms with van der Waals surface area (Å²) in [6.07, 6.45) is 1.52. The lowest BCUT2D eigenvalue weighted by atomic mass is 10.1. The molecule has 1 heterocycles. The highest BCUT2D eigenvalue weighted by Crippen LogP contribution is 2.34. The van der Waals surface area contributed by atoms with Crippen LogP contribution in [0.2, 0.25) is 0 Å². The lowest BCUT2D eigenvalue weighted by molar-refractivity contribution is 0.173. The molecular weight excluding hydrogens is 234 g/mol. The van der Waals surface area contributed by atoms with Gasteiger partial charge in [0.05, 0.1) is 6.10 Å². The fraction of sp³-hybridized carbons (Fsp3) is 0.294. The first kappa shape index (κ1) is 12.2. The van der Waals surface area contributed by atoms with E-state index in [-0.39, 0.29) is 6.10 Å². The molecule has 0 aromatic heterocycles. The molecule has 0 aliphatic carbocycles. The summed E-state index contributed by atoms with van der Waals surface area (Å²) in [5.41, 5.74) is 4.93. The first-order valence-corrected chi connectivity index (χ1v) is 6.93. The van der Waals surface area contributed by atoms with Crippen LogP contribution in [0.4, 0.5) is 11.4 Å². The van der Waals surface area contributed by atoms with Crippen molar-refractivity contribution >= 4 is 11.4 Å². The van der Waals surface area contributed by atoms with Gasteiger partial charge in [-0.15, -0.1) is 0 Å². The largest absolute Gasteiger partial charge is 0.388 e. The van der Waals surface area contributed by atoms with Crippen LogP contribution in [0.5, 0.6) is 0 Å². The summed E-state index contributed by atoms with van der Waals surface area (Å²) >= 11 is 0. The summed E-state index contributed by atoms with van der Waals surface area (Å²) < 4.78 is 0. The molecule has 2 aromatic carbocycles. The molecular formula is C17H19NO. The smallest absolute Gasteiger partial charge is 0.0787 e. The number of hydrogen-bond acceptors (Lipinski definition) is 2. The first-order valence-electron chi connectivity index (χ1n) is 6.93. The number of para-hydroxylation sites is 1. The zero-order chi connectivity index (χ0) is 13.2. The minimum atomic E-state index is -0.347. The second-order valence-corrected chi connectivity index (χ2v) is 5.05. The standard InChI is InChI=1S/C17H19NO/c1-2-17(19)14-7-9-15(10-8-14)18-12-11-13-5-3-4-6-16(13)18/h3-10,17,19H,2,11-12H2,1H3. The molecule has 1 unspecified atom stereocenters. The molecule has 1 aliphatic rings. The topological polar surface area (TPSA) is 23.5 Å². The number of nitrogens with zero attached hydrogens (tertiary/aromatic N) is 1. The molecule has 1 aliphatic heterocycles. The van der Waals surface area contributed by atoms with Crippen molar-refractivity contribution in [3.05, 3.63) is 59.7 Å². The average molecular weight is 253 g/mol. The van der Waals surface area contributed by atoms with E-state index in [0.29, 0.717) is 0 Å². The highest BCUT2D eigenvalue weighted by Gasteiger charge is 2.19. The van der Waals surface area contributed by atoms with E-state index < -0.39 is 0 Å². The third-order valence-corrected chi connectivity index (χ3v) is 3.86. The van der Waals surface area contributed by atoms with Gasteiger partial charge in [0.15, 0.2) is 0 Å². The molecule has 19 heavy (non-hydrogen) atoms. The maximum absolute atomic E-state index is 9.83. The Morgan fingerprint density at radius 2 is 1.84 bits per heavy atom. The average Bonchev–Trinajstić information content (AvgIpc) is 2.90. The molecule has 2 nitrogen and oxygen atoms in total. The fourth-order valence-corrected chi connectivity index (χ4v) is 2.72. The predicted molar refractivity (Wildman–Crippen MR) is 78.8 cm³/mol. The van der Waals surface area contributed by atoms with Crippen LogP contribution in [-0.4, -0.2) is 11.7 Å². The Hall–Kier alpha value is -1.80. The fourth-order valence-electron chi connectivity index (χ4n) is 2.72. The van der Waals surface area contributed by atoms with E-state index in [1.807, 2.05) is 19.1 Å². The van der Waals surface area contributed by atoms with Gasteiger partial charge in [-0.2, -0.15) is 0 Å². The highest BCUT2D eigenvalue weighted by atomic mass is 16.3. The van der Waals surface area contributed by atoms with Crippen LogP contribution in [0.3, 0.4) is 0 Å². The van der Waals surface area contributed by atoms with Crippen molar-refractivity contribution in [2.75, 3.05) is 11.4 Å². The Labute approximate surface area is 114 Å². The Kier molecular flexibility index (Phi) is 3.26. The summed E-state index contributed by atoms with van der Waals surface area (Å²) in [6.45, 7) is 3.03. The summed E-state index contributed by atoms with van der Waals surface area (Å²) in [7, 11) is 0. The second-order valence-electron chi connectivity index (χ2n) is 5.05. The van der Waals surface area contributed by atoms with Crippen molar-refractivity contribution in [1.29, 1.82) is 0 Å². The van der Waals surface area contributed by atoms with E-state index in [2.05, 4.69) is 41.3 Å². The quantitative estimate of drug-likeness (QED) is 0.898. The third kappa shape index (κ3) is 2.24. The van der Waals surface area contributed by atoms with Gasteiger partial charge in [-0.25, -0.2) is 0 Å². The number of rotatable bonds is 3. The number of anilines is 2.